The van der Waals surface area contributed by atoms with Crippen LogP contribution in [0.2, 0.25) is 0 Å². The maximum atomic E-state index is 12.2. The molecule has 0 aliphatic heterocycles. The van der Waals surface area contributed by atoms with Crippen molar-refractivity contribution in [1.82, 2.24) is 5.32 Å². The number of hydrogen-bond donors (Lipinski definition) is 1. The van der Waals surface area contributed by atoms with Gasteiger partial charge in [0.2, 0.25) is 0 Å². The van der Waals surface area contributed by atoms with Gasteiger partial charge in [-0.15, -0.1) is 6.58 Å². The number of benzene rings is 1. The lowest BCUT2D eigenvalue weighted by atomic mass is 10.1. The van der Waals surface area contributed by atoms with E-state index in [1.54, 1.807) is 30.3 Å². The van der Waals surface area contributed by atoms with E-state index in [0.29, 0.717) is 22.9 Å². The second-order valence-electron chi connectivity index (χ2n) is 4.04. The van der Waals surface area contributed by atoms with Gasteiger partial charge in [0, 0.05) is 12.1 Å². The van der Waals surface area contributed by atoms with Gasteiger partial charge in [0.05, 0.1) is 17.9 Å². The first-order valence-electron chi connectivity index (χ1n) is 6.35. The van der Waals surface area contributed by atoms with Crippen molar-refractivity contribution in [3.63, 3.8) is 0 Å². The van der Waals surface area contributed by atoms with Gasteiger partial charge >= 0.3 is 0 Å². The first-order valence-corrected chi connectivity index (χ1v) is 7.34. The molecule has 1 aromatic carbocycles. The first kappa shape index (κ1) is 17.4. The molecular formula is C16H15N3O2S. The van der Waals surface area contributed by atoms with Crippen molar-refractivity contribution in [2.75, 3.05) is 19.4 Å². The minimum atomic E-state index is -0.114. The Kier molecular flexibility index (Phi) is 7.32. The maximum Gasteiger partial charge on any atom is 0.173 e. The summed E-state index contributed by atoms with van der Waals surface area (Å²) in [5, 5.41) is 21.2. The van der Waals surface area contributed by atoms with E-state index in [4.69, 9.17) is 15.3 Å². The molecule has 0 amide bonds. The molecule has 0 unspecified atom stereocenters. The van der Waals surface area contributed by atoms with Gasteiger partial charge in [-0.1, -0.05) is 30.0 Å². The number of carbonyl (C=O) groups is 1. The van der Waals surface area contributed by atoms with Gasteiger partial charge in [-0.25, -0.2) is 0 Å². The Labute approximate surface area is 133 Å². The third-order valence-corrected chi connectivity index (χ3v) is 3.64. The van der Waals surface area contributed by atoms with Crippen LogP contribution in [0.4, 0.5) is 0 Å². The molecule has 0 spiro atoms. The van der Waals surface area contributed by atoms with Crippen LogP contribution in [0, 0.1) is 22.7 Å². The lowest BCUT2D eigenvalue weighted by Gasteiger charge is -2.09. The molecule has 0 fully saturated rings. The lowest BCUT2D eigenvalue weighted by molar-refractivity contribution is 0.102. The van der Waals surface area contributed by atoms with Crippen molar-refractivity contribution >= 4 is 17.5 Å². The summed E-state index contributed by atoms with van der Waals surface area (Å²) in [7, 11) is 1.53. The largest absolute Gasteiger partial charge is 0.497 e. The highest BCUT2D eigenvalue weighted by Crippen LogP contribution is 2.20. The number of nitrogens with zero attached hydrogens (tertiary/aromatic N) is 2. The Morgan fingerprint density at radius 2 is 2.18 bits per heavy atom. The quantitative estimate of drug-likeness (QED) is 0.451. The molecule has 5 nitrogen and oxygen atoms in total. The number of nitriles is 2. The monoisotopic (exact) mass is 313 g/mol. The van der Waals surface area contributed by atoms with Crippen molar-refractivity contribution in [1.29, 1.82) is 10.5 Å². The standard InChI is InChI=1S/C16H15N3O2S/c1-3-7-19-16(13(9-17)10-18)22-11-15(20)12-5-4-6-14(8-12)21-2/h3-6,8,19H,1,7,11H2,2H3. The van der Waals surface area contributed by atoms with E-state index in [1.807, 2.05) is 12.1 Å². The van der Waals surface area contributed by atoms with Crippen LogP contribution in [0.5, 0.6) is 5.75 Å². The summed E-state index contributed by atoms with van der Waals surface area (Å²) < 4.78 is 5.08. The molecule has 0 saturated carbocycles. The third kappa shape index (κ3) is 5.01. The number of nitrogens with one attached hydrogen (secondary N) is 1. The van der Waals surface area contributed by atoms with Crippen LogP contribution in [-0.2, 0) is 0 Å². The SMILES string of the molecule is C=CCNC(SCC(=O)c1cccc(OC)c1)=C(C#N)C#N. The van der Waals surface area contributed by atoms with Crippen LogP contribution in [0.25, 0.3) is 0 Å². The molecule has 1 aromatic rings. The van der Waals surface area contributed by atoms with Gasteiger partial charge < -0.3 is 10.1 Å². The molecule has 1 rings (SSSR count). The molecule has 6 heteroatoms. The molecule has 22 heavy (non-hydrogen) atoms. The second kappa shape index (κ2) is 9.28. The normalized spacial score (nSPS) is 9.05. The predicted molar refractivity (Wildman–Crippen MR) is 86.2 cm³/mol. The molecule has 0 radical (unpaired) electrons. The number of methoxy groups -OCH3 is 1. The summed E-state index contributed by atoms with van der Waals surface area (Å²) in [6.07, 6.45) is 1.61. The molecule has 1 N–H and O–H groups in total. The van der Waals surface area contributed by atoms with Crippen LogP contribution >= 0.6 is 11.8 Å². The summed E-state index contributed by atoms with van der Waals surface area (Å²) >= 11 is 1.12. The maximum absolute atomic E-state index is 12.2. The summed E-state index contributed by atoms with van der Waals surface area (Å²) in [4.78, 5) is 12.2. The zero-order valence-corrected chi connectivity index (χ0v) is 12.9. The van der Waals surface area contributed by atoms with Crippen LogP contribution in [0.1, 0.15) is 10.4 Å². The highest BCUT2D eigenvalue weighted by molar-refractivity contribution is 8.03. The van der Waals surface area contributed by atoms with Crippen molar-refractivity contribution in [2.24, 2.45) is 0 Å². The van der Waals surface area contributed by atoms with Crippen molar-refractivity contribution < 1.29 is 9.53 Å². The Balaban J connectivity index is 2.82. The van der Waals surface area contributed by atoms with Gasteiger partial charge in [0.1, 0.15) is 17.9 Å². The Bertz CT molecular complexity index is 653. The summed E-state index contributed by atoms with van der Waals surface area (Å²) in [6.45, 7) is 3.97. The van der Waals surface area contributed by atoms with Crippen LogP contribution in [-0.4, -0.2) is 25.2 Å². The fourth-order valence-electron chi connectivity index (χ4n) is 1.52. The van der Waals surface area contributed by atoms with E-state index in [1.165, 1.54) is 7.11 Å². The lowest BCUT2D eigenvalue weighted by Crippen LogP contribution is -2.14. The topological polar surface area (TPSA) is 85.9 Å². The van der Waals surface area contributed by atoms with Gasteiger partial charge in [0.15, 0.2) is 11.4 Å². The number of Topliss-reactive ketones (excluding diaryl/α,β-unsaturated/α-hetero) is 1. The molecule has 0 aliphatic rings. The minimum Gasteiger partial charge on any atom is -0.497 e. The molecular weight excluding hydrogens is 298 g/mol. The summed E-state index contributed by atoms with van der Waals surface area (Å²) in [5.74, 6) is 0.600. The number of hydrogen-bond acceptors (Lipinski definition) is 6. The van der Waals surface area contributed by atoms with Crippen LogP contribution in [0.3, 0.4) is 0 Å². The number of carbonyl (C=O) groups excluding carboxylic acids is 1. The molecule has 0 aromatic heterocycles. The average Bonchev–Trinajstić information content (AvgIpc) is 2.57. The van der Waals surface area contributed by atoms with E-state index in [9.17, 15) is 4.79 Å². The first-order chi connectivity index (χ1) is 10.7. The Hall–Kier alpha value is -2.70. The Morgan fingerprint density at radius 3 is 2.77 bits per heavy atom. The van der Waals surface area contributed by atoms with Crippen LogP contribution < -0.4 is 10.1 Å². The second-order valence-corrected chi connectivity index (χ2v) is 5.03. The fraction of sp³-hybridized carbons (Fsp3) is 0.188. The number of thioether (sulfide) groups is 1. The van der Waals surface area contributed by atoms with E-state index in [-0.39, 0.29) is 17.1 Å². The molecule has 0 atom stereocenters. The predicted octanol–water partition coefficient (Wildman–Crippen LogP) is 2.65. The Morgan fingerprint density at radius 1 is 1.45 bits per heavy atom. The smallest absolute Gasteiger partial charge is 0.173 e. The molecule has 0 heterocycles. The number of allylic oxidation sites excluding steroid dienone is 1. The number of ketones is 1. The molecule has 112 valence electrons. The highest BCUT2D eigenvalue weighted by atomic mass is 32.2. The zero-order valence-electron chi connectivity index (χ0n) is 12.1. The number of rotatable bonds is 8. The molecule has 0 aliphatic carbocycles. The van der Waals surface area contributed by atoms with Gasteiger partial charge in [-0.3, -0.25) is 4.79 Å². The van der Waals surface area contributed by atoms with Gasteiger partial charge in [0.25, 0.3) is 0 Å². The fourth-order valence-corrected chi connectivity index (χ4v) is 2.38. The summed E-state index contributed by atoms with van der Waals surface area (Å²) in [5.41, 5.74) is 0.468. The van der Waals surface area contributed by atoms with E-state index in [2.05, 4.69) is 11.9 Å². The molecule has 0 saturated heterocycles. The third-order valence-electron chi connectivity index (χ3n) is 2.60. The average molecular weight is 313 g/mol. The highest BCUT2D eigenvalue weighted by Gasteiger charge is 2.12. The van der Waals surface area contributed by atoms with Gasteiger partial charge in [-0.2, -0.15) is 10.5 Å². The minimum absolute atomic E-state index is 0.0507. The van der Waals surface area contributed by atoms with Crippen molar-refractivity contribution in [3.8, 4) is 17.9 Å². The van der Waals surface area contributed by atoms with Crippen molar-refractivity contribution in [2.45, 2.75) is 0 Å². The van der Waals surface area contributed by atoms with E-state index >= 15 is 0 Å². The zero-order chi connectivity index (χ0) is 16.4. The van der Waals surface area contributed by atoms with Crippen LogP contribution in [0.15, 0.2) is 47.5 Å². The van der Waals surface area contributed by atoms with E-state index < -0.39 is 0 Å². The van der Waals surface area contributed by atoms with E-state index in [0.717, 1.165) is 11.8 Å². The van der Waals surface area contributed by atoms with Crippen molar-refractivity contribution in [3.05, 3.63) is 53.1 Å². The van der Waals surface area contributed by atoms with Gasteiger partial charge in [-0.05, 0) is 12.1 Å². The summed E-state index contributed by atoms with van der Waals surface area (Å²) in [6, 6.07) is 10.5. The number of ether oxygens (including phenoxy) is 1. The molecule has 0 bridgehead atoms.